The van der Waals surface area contributed by atoms with Gasteiger partial charge in [-0.25, -0.2) is 4.39 Å². The molecule has 2 aromatic rings. The van der Waals surface area contributed by atoms with Crippen LogP contribution in [0.2, 0.25) is 0 Å². The van der Waals surface area contributed by atoms with Crippen LogP contribution in [0.5, 0.6) is 0 Å². The number of ether oxygens (including phenoxy) is 2. The van der Waals surface area contributed by atoms with Crippen molar-refractivity contribution in [1.29, 1.82) is 0 Å². The Hall–Kier alpha value is -2.00. The summed E-state index contributed by atoms with van der Waals surface area (Å²) < 4.78 is 66.9. The molecule has 0 unspecified atom stereocenters. The molecular weight excluding hydrogens is 378 g/mol. The lowest BCUT2D eigenvalue weighted by atomic mass is 9.94. The maximum absolute atomic E-state index is 15.0. The number of benzene rings is 2. The van der Waals surface area contributed by atoms with E-state index in [1.54, 1.807) is 60.7 Å². The summed E-state index contributed by atoms with van der Waals surface area (Å²) in [6.45, 7) is -1.84. The Balaban J connectivity index is 1.70. The van der Waals surface area contributed by atoms with E-state index in [9.17, 15) is 22.8 Å². The Morgan fingerprint density at radius 3 is 2.04 bits per heavy atom. The van der Waals surface area contributed by atoms with E-state index < -0.39 is 37.1 Å². The zero-order valence-corrected chi connectivity index (χ0v) is 15.0. The maximum atomic E-state index is 15.0. The fourth-order valence-electron chi connectivity index (χ4n) is 3.23. The van der Waals surface area contributed by atoms with Gasteiger partial charge in [-0.15, -0.1) is 0 Å². The lowest BCUT2D eigenvalue weighted by molar-refractivity contribution is -0.311. The van der Waals surface area contributed by atoms with Crippen molar-refractivity contribution in [2.75, 3.05) is 13.2 Å². The third kappa shape index (κ3) is 4.20. The highest BCUT2D eigenvalue weighted by Gasteiger charge is 2.70. The van der Waals surface area contributed by atoms with Gasteiger partial charge in [0.25, 0.3) is 0 Å². The molecule has 4 nitrogen and oxygen atoms in total. The molecule has 0 spiro atoms. The number of halogens is 4. The van der Waals surface area contributed by atoms with E-state index in [2.05, 4.69) is 0 Å². The lowest BCUT2D eigenvalue weighted by Gasteiger charge is -2.37. The van der Waals surface area contributed by atoms with Crippen molar-refractivity contribution in [1.82, 2.24) is 5.06 Å². The molecule has 28 heavy (non-hydrogen) atoms. The molecule has 1 aliphatic rings. The van der Waals surface area contributed by atoms with E-state index in [-0.39, 0.29) is 18.3 Å². The normalized spacial score (nSPS) is 25.9. The molecule has 3 rings (SSSR count). The molecule has 1 saturated heterocycles. The molecule has 3 atom stereocenters. The molecule has 1 heterocycles. The molecule has 0 aromatic heterocycles. The quantitative estimate of drug-likeness (QED) is 0.711. The third-order valence-electron chi connectivity index (χ3n) is 4.83. The second-order valence-electron chi connectivity index (χ2n) is 6.72. The van der Waals surface area contributed by atoms with Crippen LogP contribution in [0.3, 0.4) is 0 Å². The molecule has 1 fully saturated rings. The van der Waals surface area contributed by atoms with Gasteiger partial charge in [-0.3, -0.25) is 0 Å². The molecule has 2 aromatic carbocycles. The molecule has 0 amide bonds. The van der Waals surface area contributed by atoms with Crippen molar-refractivity contribution in [2.24, 2.45) is 0 Å². The van der Waals surface area contributed by atoms with Crippen LogP contribution >= 0.6 is 0 Å². The van der Waals surface area contributed by atoms with Crippen molar-refractivity contribution in [3.8, 4) is 0 Å². The van der Waals surface area contributed by atoms with Crippen molar-refractivity contribution < 1.29 is 32.2 Å². The van der Waals surface area contributed by atoms with Gasteiger partial charge in [-0.1, -0.05) is 60.7 Å². The summed E-state index contributed by atoms with van der Waals surface area (Å²) in [5.74, 6) is 0. The highest BCUT2D eigenvalue weighted by molar-refractivity contribution is 5.15. The van der Waals surface area contributed by atoms with Gasteiger partial charge in [0.2, 0.25) is 0 Å². The number of rotatable bonds is 7. The van der Waals surface area contributed by atoms with Gasteiger partial charge in [-0.05, 0) is 11.1 Å². The molecule has 0 bridgehead atoms. The highest BCUT2D eigenvalue weighted by Crippen LogP contribution is 2.45. The zero-order chi connectivity index (χ0) is 20.2. The summed E-state index contributed by atoms with van der Waals surface area (Å²) >= 11 is 0. The first-order valence-electron chi connectivity index (χ1n) is 8.79. The van der Waals surface area contributed by atoms with Crippen LogP contribution in [0.1, 0.15) is 11.1 Å². The monoisotopic (exact) mass is 399 g/mol. The Kier molecular flexibility index (Phi) is 6.34. The molecule has 0 saturated carbocycles. The van der Waals surface area contributed by atoms with Crippen LogP contribution in [0.4, 0.5) is 17.6 Å². The highest BCUT2D eigenvalue weighted by atomic mass is 19.4. The van der Waals surface area contributed by atoms with Crippen molar-refractivity contribution >= 4 is 0 Å². The number of hydrogen-bond donors (Lipinski definition) is 1. The van der Waals surface area contributed by atoms with Gasteiger partial charge in [0, 0.05) is 0 Å². The van der Waals surface area contributed by atoms with Gasteiger partial charge >= 0.3 is 6.18 Å². The second-order valence-corrected chi connectivity index (χ2v) is 6.72. The van der Waals surface area contributed by atoms with E-state index in [4.69, 9.17) is 9.47 Å². The fourth-order valence-corrected chi connectivity index (χ4v) is 3.23. The van der Waals surface area contributed by atoms with Crippen molar-refractivity contribution in [3.63, 3.8) is 0 Å². The Morgan fingerprint density at radius 1 is 0.964 bits per heavy atom. The largest absolute Gasteiger partial charge is 0.414 e. The fraction of sp³-hybridized carbons (Fsp3) is 0.400. The molecule has 152 valence electrons. The first kappa shape index (κ1) is 20.7. The van der Waals surface area contributed by atoms with Gasteiger partial charge in [0.1, 0.15) is 6.10 Å². The number of hydrogen-bond acceptors (Lipinski definition) is 4. The van der Waals surface area contributed by atoms with Crippen LogP contribution in [0.15, 0.2) is 60.7 Å². The number of nitrogens with zero attached hydrogens (tertiary/aromatic N) is 1. The minimum Gasteiger partial charge on any atom is -0.374 e. The molecule has 1 N–H and O–H groups in total. The van der Waals surface area contributed by atoms with Crippen LogP contribution < -0.4 is 0 Å². The number of alkyl halides is 4. The molecular formula is C20H21F4NO3. The van der Waals surface area contributed by atoms with E-state index in [1.165, 1.54) is 0 Å². The third-order valence-corrected chi connectivity index (χ3v) is 4.83. The summed E-state index contributed by atoms with van der Waals surface area (Å²) in [4.78, 5) is 0. The Morgan fingerprint density at radius 2 is 1.50 bits per heavy atom. The minimum atomic E-state index is -5.05. The summed E-state index contributed by atoms with van der Waals surface area (Å²) in [7, 11) is 0. The van der Waals surface area contributed by atoms with Crippen LogP contribution in [0.25, 0.3) is 0 Å². The topological polar surface area (TPSA) is 41.9 Å². The molecule has 1 aliphatic heterocycles. The van der Waals surface area contributed by atoms with E-state index in [0.717, 1.165) is 0 Å². The zero-order valence-electron chi connectivity index (χ0n) is 15.0. The van der Waals surface area contributed by atoms with Crippen LogP contribution in [-0.2, 0) is 22.7 Å². The average molecular weight is 399 g/mol. The standard InChI is InChI=1S/C20H21F4NO3/c21-18-17(28-13-16-9-5-2-6-10-16)11-25(26)19(18,20(22,23)24)14-27-12-15-7-3-1-4-8-15/h1-10,17-18,26H,11-14H2/t17-,18+,19+/m0/s1. The van der Waals surface area contributed by atoms with Gasteiger partial charge in [0.05, 0.1) is 26.4 Å². The molecule has 0 aliphatic carbocycles. The van der Waals surface area contributed by atoms with Crippen molar-refractivity contribution in [3.05, 3.63) is 71.8 Å². The van der Waals surface area contributed by atoms with E-state index >= 15 is 0 Å². The van der Waals surface area contributed by atoms with Crippen molar-refractivity contribution in [2.45, 2.75) is 37.2 Å². The first-order valence-corrected chi connectivity index (χ1v) is 8.79. The summed E-state index contributed by atoms with van der Waals surface area (Å²) in [6, 6.07) is 17.3. The lowest BCUT2D eigenvalue weighted by Crippen LogP contribution is -2.62. The second kappa shape index (κ2) is 8.57. The Labute approximate surface area is 160 Å². The average Bonchev–Trinajstić information content (AvgIpc) is 2.93. The smallest absolute Gasteiger partial charge is 0.374 e. The minimum absolute atomic E-state index is 0.0294. The first-order chi connectivity index (χ1) is 13.3. The predicted molar refractivity (Wildman–Crippen MR) is 93.3 cm³/mol. The number of hydroxylamine groups is 2. The van der Waals surface area contributed by atoms with Gasteiger partial charge < -0.3 is 14.7 Å². The van der Waals surface area contributed by atoms with E-state index in [0.29, 0.717) is 11.1 Å². The van der Waals surface area contributed by atoms with Crippen LogP contribution in [0, 0.1) is 0 Å². The molecule has 0 radical (unpaired) electrons. The SMILES string of the molecule is ON1C[C@H](OCc2ccccc2)[C@@H](F)[C@]1(COCc1ccccc1)C(F)(F)F. The van der Waals surface area contributed by atoms with Gasteiger partial charge in [0.15, 0.2) is 11.7 Å². The van der Waals surface area contributed by atoms with Crippen LogP contribution in [-0.4, -0.2) is 47.4 Å². The predicted octanol–water partition coefficient (Wildman–Crippen LogP) is 4.13. The summed E-state index contributed by atoms with van der Waals surface area (Å²) in [6.07, 6.45) is -8.99. The summed E-state index contributed by atoms with van der Waals surface area (Å²) in [5.41, 5.74) is -1.83. The van der Waals surface area contributed by atoms with E-state index in [1.807, 2.05) is 0 Å². The summed E-state index contributed by atoms with van der Waals surface area (Å²) in [5, 5.41) is 9.99. The Bertz CT molecular complexity index is 744. The van der Waals surface area contributed by atoms with Gasteiger partial charge in [-0.2, -0.15) is 18.2 Å². The maximum Gasteiger partial charge on any atom is 0.414 e. The molecule has 8 heteroatoms.